The zero-order chi connectivity index (χ0) is 24.8. The topological polar surface area (TPSA) is 93.7 Å². The van der Waals surface area contributed by atoms with Crippen molar-refractivity contribution < 1.29 is 23.8 Å². The molecule has 0 radical (unpaired) electrons. The van der Waals surface area contributed by atoms with Crippen LogP contribution in [0.1, 0.15) is 24.8 Å². The van der Waals surface area contributed by atoms with Crippen molar-refractivity contribution in [1.82, 2.24) is 10.2 Å². The third kappa shape index (κ3) is 6.26. The highest BCUT2D eigenvalue weighted by Crippen LogP contribution is 2.35. The van der Waals surface area contributed by atoms with E-state index in [4.69, 9.17) is 31.3 Å². The average molecular weight is 610 g/mol. The fourth-order valence-corrected chi connectivity index (χ4v) is 4.81. The number of nitrogens with zero attached hydrogens (tertiary/aromatic N) is 2. The average Bonchev–Trinajstić information content (AvgIpc) is 3.25. The summed E-state index contributed by atoms with van der Waals surface area (Å²) in [4.78, 5) is 20.2. The van der Waals surface area contributed by atoms with Crippen LogP contribution in [0.4, 0.5) is 10.5 Å². The van der Waals surface area contributed by atoms with E-state index in [-0.39, 0.29) is 12.4 Å². The molecule has 1 amide bonds. The monoisotopic (exact) mass is 610 g/mol. The van der Waals surface area contributed by atoms with Crippen LogP contribution >= 0.6 is 34.8 Å². The predicted molar refractivity (Wildman–Crippen MR) is 145 cm³/mol. The lowest BCUT2D eigenvalue weighted by Gasteiger charge is -2.38. The second-order valence-electron chi connectivity index (χ2n) is 8.27. The molecule has 2 heterocycles. The highest BCUT2D eigenvalue weighted by Gasteiger charge is 2.43. The molecular formula is C24H27IN4O5S. The summed E-state index contributed by atoms with van der Waals surface area (Å²) in [6.45, 7) is 1.73. The lowest BCUT2D eigenvalue weighted by atomic mass is 9.88. The number of benzene rings is 2. The first-order valence-electron chi connectivity index (χ1n) is 11.1. The lowest BCUT2D eigenvalue weighted by Crippen LogP contribution is -2.48. The van der Waals surface area contributed by atoms with Crippen molar-refractivity contribution in [3.8, 4) is 11.5 Å². The van der Waals surface area contributed by atoms with Crippen molar-refractivity contribution in [3.63, 3.8) is 0 Å². The summed E-state index contributed by atoms with van der Waals surface area (Å²) in [5, 5.41) is 10.8. The smallest absolute Gasteiger partial charge is 0.414 e. The van der Waals surface area contributed by atoms with Crippen LogP contribution in [0.3, 0.4) is 0 Å². The number of nitrogens with one attached hydrogen (secondary N) is 2. The van der Waals surface area contributed by atoms with E-state index in [1.807, 2.05) is 30.3 Å². The number of hydrogen-bond donors (Lipinski definition) is 2. The maximum atomic E-state index is 12.3. The Morgan fingerprint density at radius 1 is 1.17 bits per heavy atom. The lowest BCUT2D eigenvalue weighted by molar-refractivity contribution is -0.0521. The number of carbonyl (C=O) groups excluding carboxylic acids is 1. The minimum absolute atomic E-state index is 0.276. The van der Waals surface area contributed by atoms with Gasteiger partial charge in [0.05, 0.1) is 26.3 Å². The molecule has 0 saturated carbocycles. The molecule has 0 unspecified atom stereocenters. The van der Waals surface area contributed by atoms with Gasteiger partial charge in [0, 0.05) is 36.0 Å². The van der Waals surface area contributed by atoms with Crippen LogP contribution in [-0.2, 0) is 16.1 Å². The maximum absolute atomic E-state index is 12.3. The van der Waals surface area contributed by atoms with Gasteiger partial charge < -0.3 is 34.6 Å². The molecule has 2 aromatic carbocycles. The number of likely N-dealkylation sites (tertiary alicyclic amines) is 1. The fourth-order valence-electron chi connectivity index (χ4n) is 3.99. The number of halogens is 1. The van der Waals surface area contributed by atoms with Gasteiger partial charge in [-0.25, -0.2) is 4.79 Å². The molecule has 2 N–H and O–H groups in total. The van der Waals surface area contributed by atoms with Crippen molar-refractivity contribution in [3.05, 3.63) is 51.6 Å². The number of rotatable bonds is 5. The quantitative estimate of drug-likeness (QED) is 0.378. The molecule has 35 heavy (non-hydrogen) atoms. The van der Waals surface area contributed by atoms with Crippen LogP contribution in [0.5, 0.6) is 11.5 Å². The molecule has 2 aromatic rings. The first-order valence-corrected chi connectivity index (χ1v) is 12.6. The number of alkyl carbamates (subject to hydrolysis) is 1. The third-order valence-corrected chi connectivity index (χ3v) is 7.29. The molecule has 0 bridgehead atoms. The molecule has 186 valence electrons. The van der Waals surface area contributed by atoms with Crippen LogP contribution in [0, 0.1) is 3.57 Å². The first kappa shape index (κ1) is 25.3. The van der Waals surface area contributed by atoms with E-state index in [1.54, 1.807) is 26.4 Å². The highest BCUT2D eigenvalue weighted by molar-refractivity contribution is 14.1. The number of carbonyl (C=O) groups is 1. The van der Waals surface area contributed by atoms with Gasteiger partial charge in [0.25, 0.3) is 0 Å². The zero-order valence-corrected chi connectivity index (χ0v) is 22.5. The van der Waals surface area contributed by atoms with Gasteiger partial charge in [-0.1, -0.05) is 23.4 Å². The molecule has 2 aliphatic heterocycles. The van der Waals surface area contributed by atoms with Gasteiger partial charge in [-0.2, -0.15) is 0 Å². The Balaban J connectivity index is 1.22. The van der Waals surface area contributed by atoms with Crippen molar-refractivity contribution >= 4 is 57.6 Å². The van der Waals surface area contributed by atoms with E-state index in [0.717, 1.165) is 40.8 Å². The van der Waals surface area contributed by atoms with E-state index in [0.29, 0.717) is 23.0 Å². The molecule has 1 fully saturated rings. The Bertz CT molecular complexity index is 1120. The third-order valence-electron chi connectivity index (χ3n) is 5.99. The van der Waals surface area contributed by atoms with Crippen molar-refractivity contribution in [1.29, 1.82) is 0 Å². The SMILES string of the molecule is COc1ccc(CNC(=O)OC2=NOC3(CCN(C(=S)Nc4ccccc4I)CC3)C2)cc1OC. The number of oxime groups is 1. The molecular weight excluding hydrogens is 583 g/mol. The van der Waals surface area contributed by atoms with Crippen LogP contribution in [0.15, 0.2) is 47.6 Å². The van der Waals surface area contributed by atoms with Crippen LogP contribution in [0.2, 0.25) is 0 Å². The molecule has 0 aliphatic carbocycles. The normalized spacial score (nSPS) is 16.2. The largest absolute Gasteiger partial charge is 0.493 e. The van der Waals surface area contributed by atoms with Crippen molar-refractivity contribution in [2.45, 2.75) is 31.4 Å². The standard InChI is InChI=1S/C24H27IN4O5S/c1-31-19-8-7-16(13-20(19)32-2)15-26-23(30)33-21-14-24(34-28-21)9-11-29(12-10-24)22(35)27-18-6-4-3-5-17(18)25/h3-8,13H,9-12,14-15H2,1-2H3,(H,26,30)(H,27,35). The second kappa shape index (κ2) is 11.3. The molecule has 0 aromatic heterocycles. The van der Waals surface area contributed by atoms with Gasteiger partial charge in [-0.05, 0) is 64.6 Å². The van der Waals surface area contributed by atoms with E-state index in [9.17, 15) is 4.79 Å². The fraction of sp³-hybridized carbons (Fsp3) is 0.375. The minimum Gasteiger partial charge on any atom is -0.493 e. The summed E-state index contributed by atoms with van der Waals surface area (Å²) < 4.78 is 17.0. The molecule has 11 heteroatoms. The second-order valence-corrected chi connectivity index (χ2v) is 9.81. The summed E-state index contributed by atoms with van der Waals surface area (Å²) in [7, 11) is 3.14. The van der Waals surface area contributed by atoms with Gasteiger partial charge in [-0.3, -0.25) is 0 Å². The Morgan fingerprint density at radius 3 is 2.63 bits per heavy atom. The first-order chi connectivity index (χ1) is 16.9. The van der Waals surface area contributed by atoms with Gasteiger partial charge in [0.2, 0.25) is 5.90 Å². The number of anilines is 1. The van der Waals surface area contributed by atoms with Crippen molar-refractivity contribution in [2.75, 3.05) is 32.6 Å². The van der Waals surface area contributed by atoms with Gasteiger partial charge >= 0.3 is 6.09 Å². The summed E-state index contributed by atoms with van der Waals surface area (Å²) in [5.74, 6) is 1.50. The van der Waals surface area contributed by atoms with Crippen LogP contribution < -0.4 is 20.1 Å². The summed E-state index contributed by atoms with van der Waals surface area (Å²) >= 11 is 7.89. The summed E-state index contributed by atoms with van der Waals surface area (Å²) in [6, 6.07) is 13.4. The maximum Gasteiger partial charge on any atom is 0.414 e. The zero-order valence-electron chi connectivity index (χ0n) is 19.5. The van der Waals surface area contributed by atoms with Gasteiger partial charge in [-0.15, -0.1) is 0 Å². The van der Waals surface area contributed by atoms with Crippen LogP contribution in [0.25, 0.3) is 0 Å². The van der Waals surface area contributed by atoms with E-state index >= 15 is 0 Å². The number of ether oxygens (including phenoxy) is 3. The number of methoxy groups -OCH3 is 2. The predicted octanol–water partition coefficient (Wildman–Crippen LogP) is 4.50. The van der Waals surface area contributed by atoms with E-state index in [1.165, 1.54) is 0 Å². The highest BCUT2D eigenvalue weighted by atomic mass is 127. The molecule has 1 spiro atoms. The summed E-state index contributed by atoms with van der Waals surface area (Å²) in [6.07, 6.45) is 1.32. The molecule has 4 rings (SSSR count). The Kier molecular flexibility index (Phi) is 8.16. The molecule has 9 nitrogen and oxygen atoms in total. The van der Waals surface area contributed by atoms with Crippen molar-refractivity contribution in [2.24, 2.45) is 5.16 Å². The Labute approximate surface area is 223 Å². The molecule has 1 saturated heterocycles. The molecule has 0 atom stereocenters. The Hall–Kier alpha value is -2.80. The van der Waals surface area contributed by atoms with Crippen LogP contribution in [-0.4, -0.2) is 54.9 Å². The summed E-state index contributed by atoms with van der Waals surface area (Å²) in [5.41, 5.74) is 1.38. The molecule has 2 aliphatic rings. The number of hydrogen-bond acceptors (Lipinski definition) is 7. The minimum atomic E-state index is -0.584. The number of para-hydroxylation sites is 1. The van der Waals surface area contributed by atoms with Gasteiger partial charge in [0.1, 0.15) is 5.60 Å². The number of piperidine rings is 1. The van der Waals surface area contributed by atoms with E-state index < -0.39 is 11.7 Å². The Morgan fingerprint density at radius 2 is 1.91 bits per heavy atom. The number of amides is 1. The van der Waals surface area contributed by atoms with E-state index in [2.05, 4.69) is 43.3 Å². The number of thiocarbonyl (C=S) groups is 1. The van der Waals surface area contributed by atoms with Gasteiger partial charge in [0.15, 0.2) is 16.6 Å².